The fraction of sp³-hybridized carbons (Fsp3) is 0.143. The minimum atomic E-state index is 0.444. The Hall–Kier alpha value is -3.72. The molecule has 0 amide bonds. The first-order valence-corrected chi connectivity index (χ1v) is 11.0. The second-order valence-corrected chi connectivity index (χ2v) is 8.85. The van der Waals surface area contributed by atoms with Gasteiger partial charge in [0.05, 0.1) is 40.3 Å². The Morgan fingerprint density at radius 3 is 1.97 bits per heavy atom. The van der Waals surface area contributed by atoms with Crippen LogP contribution < -0.4 is 9.80 Å². The van der Waals surface area contributed by atoms with Crippen LogP contribution in [-0.2, 0) is 0 Å². The highest BCUT2D eigenvalue weighted by Gasteiger charge is 2.30. The van der Waals surface area contributed by atoms with Crippen LogP contribution in [0.1, 0.15) is 13.8 Å². The molecule has 1 aliphatic heterocycles. The summed E-state index contributed by atoms with van der Waals surface area (Å²) in [5.74, 6) is 0. The molecule has 7 rings (SSSR count). The van der Waals surface area contributed by atoms with E-state index in [9.17, 15) is 0 Å². The lowest BCUT2D eigenvalue weighted by atomic mass is 10.1. The van der Waals surface area contributed by atoms with E-state index in [4.69, 9.17) is 0 Å². The standard InChI is InChI=1S/C28H23N3/c1-18(2)29-17-30(25-15-6-5-14-24(25)29)26-16-8-12-22-21-11-7-10-20-19-9-3-4-13-23(19)31(27(20)21)28(22)26/h3-16,18H,17H2,1-2H3. The summed E-state index contributed by atoms with van der Waals surface area (Å²) in [5.41, 5.74) is 7.78. The third-order valence-corrected chi connectivity index (χ3v) is 6.91. The fourth-order valence-corrected chi connectivity index (χ4v) is 5.56. The summed E-state index contributed by atoms with van der Waals surface area (Å²) in [6.45, 7) is 5.41. The average molecular weight is 402 g/mol. The van der Waals surface area contributed by atoms with Crippen molar-refractivity contribution in [1.29, 1.82) is 0 Å². The Morgan fingerprint density at radius 1 is 0.581 bits per heavy atom. The number of benzene rings is 4. The molecule has 0 radical (unpaired) electrons. The molecule has 6 aromatic rings. The van der Waals surface area contributed by atoms with Gasteiger partial charge < -0.3 is 14.2 Å². The van der Waals surface area contributed by atoms with Gasteiger partial charge in [0.25, 0.3) is 0 Å². The SMILES string of the molecule is CC(C)N1CN(c2cccc3c4cccc5c6ccccc6n(c23)c54)c2ccccc21. The zero-order valence-corrected chi connectivity index (χ0v) is 17.7. The summed E-state index contributed by atoms with van der Waals surface area (Å²) < 4.78 is 2.49. The second kappa shape index (κ2) is 5.92. The van der Waals surface area contributed by atoms with Crippen LogP contribution in [0.5, 0.6) is 0 Å². The van der Waals surface area contributed by atoms with Gasteiger partial charge in [-0.15, -0.1) is 0 Å². The summed E-state index contributed by atoms with van der Waals surface area (Å²) in [6.07, 6.45) is 0. The molecule has 0 atom stereocenters. The van der Waals surface area contributed by atoms with E-state index >= 15 is 0 Å². The van der Waals surface area contributed by atoms with Crippen molar-refractivity contribution < 1.29 is 0 Å². The van der Waals surface area contributed by atoms with E-state index in [-0.39, 0.29) is 0 Å². The minimum Gasteiger partial charge on any atom is -0.349 e. The van der Waals surface area contributed by atoms with Gasteiger partial charge in [-0.3, -0.25) is 0 Å². The fourth-order valence-electron chi connectivity index (χ4n) is 5.56. The third kappa shape index (κ3) is 2.08. The van der Waals surface area contributed by atoms with Crippen molar-refractivity contribution in [2.75, 3.05) is 16.5 Å². The Balaban J connectivity index is 1.62. The van der Waals surface area contributed by atoms with Crippen LogP contribution in [0.3, 0.4) is 0 Å². The quantitative estimate of drug-likeness (QED) is 0.305. The van der Waals surface area contributed by atoms with Gasteiger partial charge in [0.1, 0.15) is 0 Å². The number of nitrogens with zero attached hydrogens (tertiary/aromatic N) is 3. The van der Waals surface area contributed by atoms with Gasteiger partial charge in [0.2, 0.25) is 0 Å². The Bertz CT molecular complexity index is 1610. The van der Waals surface area contributed by atoms with E-state index < -0.39 is 0 Å². The molecule has 0 aliphatic carbocycles. The second-order valence-electron chi connectivity index (χ2n) is 8.85. The van der Waals surface area contributed by atoms with Crippen LogP contribution in [0.25, 0.3) is 38.1 Å². The first-order valence-electron chi connectivity index (χ1n) is 11.0. The molecule has 31 heavy (non-hydrogen) atoms. The number of rotatable bonds is 2. The van der Waals surface area contributed by atoms with Crippen molar-refractivity contribution in [3.05, 3.63) is 84.9 Å². The maximum absolute atomic E-state index is 2.49. The third-order valence-electron chi connectivity index (χ3n) is 6.91. The van der Waals surface area contributed by atoms with E-state index in [1.54, 1.807) is 0 Å². The van der Waals surface area contributed by atoms with Crippen molar-refractivity contribution >= 4 is 55.2 Å². The molecule has 0 saturated heterocycles. The number of anilines is 3. The van der Waals surface area contributed by atoms with E-state index in [2.05, 4.69) is 113 Å². The van der Waals surface area contributed by atoms with E-state index in [0.717, 1.165) is 6.67 Å². The van der Waals surface area contributed by atoms with E-state index in [1.165, 1.54) is 55.2 Å². The molecule has 3 nitrogen and oxygen atoms in total. The summed E-state index contributed by atoms with van der Waals surface area (Å²) in [4.78, 5) is 4.97. The van der Waals surface area contributed by atoms with E-state index in [0.29, 0.717) is 6.04 Å². The molecule has 0 bridgehead atoms. The van der Waals surface area contributed by atoms with Gasteiger partial charge in [0, 0.05) is 27.6 Å². The first kappa shape index (κ1) is 17.0. The highest BCUT2D eigenvalue weighted by atomic mass is 15.4. The van der Waals surface area contributed by atoms with Crippen molar-refractivity contribution in [2.45, 2.75) is 19.9 Å². The summed E-state index contributed by atoms with van der Waals surface area (Å²) >= 11 is 0. The number of aromatic nitrogens is 1. The molecule has 2 aromatic heterocycles. The van der Waals surface area contributed by atoms with Gasteiger partial charge in [0.15, 0.2) is 0 Å². The summed E-state index contributed by atoms with van der Waals surface area (Å²) in [5, 5.41) is 5.31. The highest BCUT2D eigenvalue weighted by Crippen LogP contribution is 2.47. The molecule has 3 heteroatoms. The zero-order chi connectivity index (χ0) is 20.7. The Kier molecular flexibility index (Phi) is 3.25. The van der Waals surface area contributed by atoms with Gasteiger partial charge in [-0.2, -0.15) is 0 Å². The molecular formula is C28H23N3. The smallest absolute Gasteiger partial charge is 0.0956 e. The average Bonchev–Trinajstić information content (AvgIpc) is 3.46. The molecule has 150 valence electrons. The van der Waals surface area contributed by atoms with Gasteiger partial charge in [-0.05, 0) is 38.1 Å². The molecule has 0 unspecified atom stereocenters. The molecule has 1 aliphatic rings. The van der Waals surface area contributed by atoms with Gasteiger partial charge >= 0.3 is 0 Å². The van der Waals surface area contributed by atoms with Crippen LogP contribution in [-0.4, -0.2) is 17.1 Å². The number of para-hydroxylation sites is 5. The predicted octanol–water partition coefficient (Wildman–Crippen LogP) is 7.16. The van der Waals surface area contributed by atoms with Crippen LogP contribution in [0.15, 0.2) is 84.9 Å². The molecule has 4 aromatic carbocycles. The monoisotopic (exact) mass is 401 g/mol. The number of fused-ring (bicyclic) bond motifs is 7. The van der Waals surface area contributed by atoms with Crippen molar-refractivity contribution in [2.24, 2.45) is 0 Å². The largest absolute Gasteiger partial charge is 0.349 e. The lowest BCUT2D eigenvalue weighted by molar-refractivity contribution is 0.710. The molecular weight excluding hydrogens is 378 g/mol. The summed E-state index contributed by atoms with van der Waals surface area (Å²) in [7, 11) is 0. The van der Waals surface area contributed by atoms with Gasteiger partial charge in [-0.1, -0.05) is 60.7 Å². The minimum absolute atomic E-state index is 0.444. The Morgan fingerprint density at radius 2 is 1.16 bits per heavy atom. The predicted molar refractivity (Wildman–Crippen MR) is 132 cm³/mol. The lowest BCUT2D eigenvalue weighted by Gasteiger charge is -2.25. The van der Waals surface area contributed by atoms with Crippen molar-refractivity contribution in [1.82, 2.24) is 4.40 Å². The maximum Gasteiger partial charge on any atom is 0.0956 e. The Labute approximate surface area is 181 Å². The van der Waals surface area contributed by atoms with Crippen LogP contribution in [0.4, 0.5) is 17.1 Å². The van der Waals surface area contributed by atoms with Crippen molar-refractivity contribution in [3.8, 4) is 0 Å². The van der Waals surface area contributed by atoms with Crippen LogP contribution >= 0.6 is 0 Å². The number of hydrogen-bond donors (Lipinski definition) is 0. The summed E-state index contributed by atoms with van der Waals surface area (Å²) in [6, 6.07) is 31.5. The normalized spacial score (nSPS) is 14.2. The molecule has 0 fully saturated rings. The lowest BCUT2D eigenvalue weighted by Crippen LogP contribution is -2.33. The first-order chi connectivity index (χ1) is 15.2. The molecule has 0 spiro atoms. The van der Waals surface area contributed by atoms with Crippen molar-refractivity contribution in [3.63, 3.8) is 0 Å². The van der Waals surface area contributed by atoms with Crippen LogP contribution in [0.2, 0.25) is 0 Å². The van der Waals surface area contributed by atoms with E-state index in [1.807, 2.05) is 0 Å². The maximum atomic E-state index is 2.49. The number of hydrogen-bond acceptors (Lipinski definition) is 2. The van der Waals surface area contributed by atoms with Gasteiger partial charge in [-0.25, -0.2) is 0 Å². The highest BCUT2D eigenvalue weighted by molar-refractivity contribution is 6.25. The zero-order valence-electron chi connectivity index (χ0n) is 17.7. The molecule has 3 heterocycles. The molecule has 0 N–H and O–H groups in total. The topological polar surface area (TPSA) is 10.9 Å². The van der Waals surface area contributed by atoms with Crippen LogP contribution in [0, 0.1) is 0 Å². The molecule has 0 saturated carbocycles.